The van der Waals surface area contributed by atoms with Crippen LogP contribution >= 0.6 is 0 Å². The minimum Gasteiger partial charge on any atom is -0.325 e. The molecule has 0 bridgehead atoms. The van der Waals surface area contributed by atoms with E-state index in [1.807, 2.05) is 0 Å². The number of fused-ring (bicyclic) bond motifs is 2. The minimum atomic E-state index is -0.303. The number of hydrogen-bond donors (Lipinski definition) is 4. The highest BCUT2D eigenvalue weighted by atomic mass is 16.2. The summed E-state index contributed by atoms with van der Waals surface area (Å²) >= 11 is 0. The van der Waals surface area contributed by atoms with Crippen LogP contribution in [0, 0.1) is 0 Å². The van der Waals surface area contributed by atoms with Gasteiger partial charge in [0.25, 0.3) is 0 Å². The lowest BCUT2D eigenvalue weighted by Gasteiger charge is -2.19. The molecule has 0 saturated heterocycles. The van der Waals surface area contributed by atoms with Crippen LogP contribution in [-0.4, -0.2) is 50.6 Å². The first-order valence-corrected chi connectivity index (χ1v) is 8.71. The van der Waals surface area contributed by atoms with Gasteiger partial charge in [0.1, 0.15) is 0 Å². The van der Waals surface area contributed by atoms with E-state index in [2.05, 4.69) is 21.3 Å². The fraction of sp³-hybridized carbons (Fsp3) is 0.200. The minimum absolute atomic E-state index is 0.134. The van der Waals surface area contributed by atoms with Gasteiger partial charge in [0.2, 0.25) is 11.8 Å². The van der Waals surface area contributed by atoms with Crippen LogP contribution in [0.2, 0.25) is 0 Å². The first kappa shape index (κ1) is 19.4. The largest absolute Gasteiger partial charge is 0.325 e. The Morgan fingerprint density at radius 3 is 1.43 bits per heavy atom. The van der Waals surface area contributed by atoms with E-state index >= 15 is 0 Å². The second-order valence-corrected chi connectivity index (χ2v) is 6.34. The van der Waals surface area contributed by atoms with Crippen molar-refractivity contribution in [2.24, 2.45) is 0 Å². The Kier molecular flexibility index (Phi) is 5.62. The number of rotatable bonds is 6. The molecule has 0 saturated carbocycles. The summed E-state index contributed by atoms with van der Waals surface area (Å²) in [6.07, 6.45) is 0. The highest BCUT2D eigenvalue weighted by Gasteiger charge is 2.30. The second-order valence-electron chi connectivity index (χ2n) is 6.34. The molecule has 2 amide bonds. The number of likely N-dealkylation sites (N-methyl/N-ethyl adjacent to an activating group) is 2. The molecule has 0 spiro atoms. The van der Waals surface area contributed by atoms with Gasteiger partial charge in [0.15, 0.2) is 11.6 Å². The van der Waals surface area contributed by atoms with E-state index < -0.39 is 0 Å². The van der Waals surface area contributed by atoms with Crippen LogP contribution in [0.15, 0.2) is 36.4 Å². The van der Waals surface area contributed by atoms with Crippen molar-refractivity contribution in [2.75, 3.05) is 37.8 Å². The van der Waals surface area contributed by atoms with Gasteiger partial charge in [-0.1, -0.05) is 0 Å². The van der Waals surface area contributed by atoms with Gasteiger partial charge in [-0.3, -0.25) is 19.2 Å². The van der Waals surface area contributed by atoms with Crippen molar-refractivity contribution in [2.45, 2.75) is 0 Å². The Bertz CT molecular complexity index is 905. The molecule has 4 N–H and O–H groups in total. The first-order chi connectivity index (χ1) is 13.4. The van der Waals surface area contributed by atoms with E-state index in [4.69, 9.17) is 0 Å². The second kappa shape index (κ2) is 8.12. The molecule has 0 heterocycles. The zero-order valence-corrected chi connectivity index (χ0v) is 15.5. The monoisotopic (exact) mass is 380 g/mol. The lowest BCUT2D eigenvalue weighted by molar-refractivity contribution is -0.116. The molecule has 0 atom stereocenters. The molecule has 0 radical (unpaired) electrons. The van der Waals surface area contributed by atoms with Gasteiger partial charge in [-0.05, 0) is 50.5 Å². The lowest BCUT2D eigenvalue weighted by atomic mass is 9.83. The Hall–Kier alpha value is -3.36. The van der Waals surface area contributed by atoms with Crippen LogP contribution in [-0.2, 0) is 9.59 Å². The maximum absolute atomic E-state index is 12.9. The standard InChI is InChI=1S/C20H20N4O4/c1-21-9-17(25)23-11-3-5-13-15(7-11)19(27)14-6-4-12(8-16(14)20(13)28)24-18(26)10-22-2/h3-8,21-22H,9-10H2,1-2H3,(H,23,25)(H,24,26). The van der Waals surface area contributed by atoms with Crippen LogP contribution in [0.1, 0.15) is 31.8 Å². The summed E-state index contributed by atoms with van der Waals surface area (Å²) in [7, 11) is 3.31. The van der Waals surface area contributed by atoms with Crippen molar-refractivity contribution in [3.05, 3.63) is 58.7 Å². The summed E-state index contributed by atoms with van der Waals surface area (Å²) in [4.78, 5) is 49.2. The van der Waals surface area contributed by atoms with Gasteiger partial charge in [-0.25, -0.2) is 0 Å². The van der Waals surface area contributed by atoms with Gasteiger partial charge in [-0.15, -0.1) is 0 Å². The predicted molar refractivity (Wildman–Crippen MR) is 105 cm³/mol. The quantitative estimate of drug-likeness (QED) is 0.502. The average molecular weight is 380 g/mol. The molecule has 8 nitrogen and oxygen atoms in total. The lowest BCUT2D eigenvalue weighted by Crippen LogP contribution is -2.26. The molecule has 0 aromatic heterocycles. The van der Waals surface area contributed by atoms with Crippen LogP contribution in [0.5, 0.6) is 0 Å². The van der Waals surface area contributed by atoms with E-state index in [0.29, 0.717) is 11.4 Å². The van der Waals surface area contributed by atoms with Crippen LogP contribution in [0.25, 0.3) is 0 Å². The first-order valence-electron chi connectivity index (χ1n) is 8.71. The van der Waals surface area contributed by atoms with Gasteiger partial charge < -0.3 is 21.3 Å². The Morgan fingerprint density at radius 1 is 0.679 bits per heavy atom. The SMILES string of the molecule is CNCC(=O)Nc1ccc2c(c1)C(=O)c1ccc(NC(=O)CNC)cc1C2=O. The van der Waals surface area contributed by atoms with Gasteiger partial charge in [-0.2, -0.15) is 0 Å². The Morgan fingerprint density at radius 2 is 1.07 bits per heavy atom. The molecule has 2 aromatic carbocycles. The molecule has 1 aliphatic carbocycles. The number of benzene rings is 2. The third-order valence-electron chi connectivity index (χ3n) is 4.26. The fourth-order valence-electron chi connectivity index (χ4n) is 3.04. The number of amides is 2. The molecule has 0 fully saturated rings. The number of carbonyl (C=O) groups excluding carboxylic acids is 4. The van der Waals surface area contributed by atoms with Crippen molar-refractivity contribution in [3.63, 3.8) is 0 Å². The number of ketones is 2. The number of carbonyl (C=O) groups is 4. The number of hydrogen-bond acceptors (Lipinski definition) is 6. The molecular weight excluding hydrogens is 360 g/mol. The zero-order valence-electron chi connectivity index (χ0n) is 15.5. The summed E-state index contributed by atoms with van der Waals surface area (Å²) in [5, 5.41) is 10.8. The van der Waals surface area contributed by atoms with E-state index in [0.717, 1.165) is 0 Å². The normalized spacial score (nSPS) is 12.2. The van der Waals surface area contributed by atoms with Gasteiger partial charge in [0, 0.05) is 33.6 Å². The molecular formula is C20H20N4O4. The van der Waals surface area contributed by atoms with Crippen molar-refractivity contribution >= 4 is 34.8 Å². The van der Waals surface area contributed by atoms with Crippen molar-refractivity contribution < 1.29 is 19.2 Å². The zero-order chi connectivity index (χ0) is 20.3. The van der Waals surface area contributed by atoms with E-state index in [9.17, 15) is 19.2 Å². The summed E-state index contributed by atoms with van der Waals surface area (Å²) in [6.45, 7) is 0.268. The number of nitrogens with one attached hydrogen (secondary N) is 4. The van der Waals surface area contributed by atoms with Crippen molar-refractivity contribution in [1.29, 1.82) is 0 Å². The average Bonchev–Trinajstić information content (AvgIpc) is 2.66. The van der Waals surface area contributed by atoms with Crippen LogP contribution in [0.3, 0.4) is 0 Å². The van der Waals surface area contributed by atoms with Crippen LogP contribution < -0.4 is 21.3 Å². The summed E-state index contributed by atoms with van der Waals surface area (Å²) in [5.74, 6) is -1.11. The Labute approximate surface area is 161 Å². The summed E-state index contributed by atoms with van der Waals surface area (Å²) in [6, 6.07) is 9.24. The molecule has 0 aliphatic heterocycles. The van der Waals surface area contributed by atoms with Crippen molar-refractivity contribution in [3.8, 4) is 0 Å². The Balaban J connectivity index is 1.91. The van der Waals surface area contributed by atoms with E-state index in [1.165, 1.54) is 24.3 Å². The fourth-order valence-corrected chi connectivity index (χ4v) is 3.04. The van der Waals surface area contributed by atoms with Crippen molar-refractivity contribution in [1.82, 2.24) is 10.6 Å². The molecule has 3 rings (SSSR count). The molecule has 144 valence electrons. The molecule has 28 heavy (non-hydrogen) atoms. The summed E-state index contributed by atoms with van der Waals surface area (Å²) < 4.78 is 0. The highest BCUT2D eigenvalue weighted by Crippen LogP contribution is 2.30. The topological polar surface area (TPSA) is 116 Å². The van der Waals surface area contributed by atoms with E-state index in [-0.39, 0.29) is 58.7 Å². The molecule has 1 aliphatic rings. The molecule has 0 unspecified atom stereocenters. The smallest absolute Gasteiger partial charge is 0.238 e. The predicted octanol–water partition coefficient (Wildman–Crippen LogP) is 0.778. The van der Waals surface area contributed by atoms with E-state index in [1.54, 1.807) is 26.2 Å². The maximum atomic E-state index is 12.9. The van der Waals surface area contributed by atoms with Crippen LogP contribution in [0.4, 0.5) is 11.4 Å². The van der Waals surface area contributed by atoms with Gasteiger partial charge >= 0.3 is 0 Å². The third kappa shape index (κ3) is 3.83. The highest BCUT2D eigenvalue weighted by molar-refractivity contribution is 6.29. The molecule has 2 aromatic rings. The third-order valence-corrected chi connectivity index (χ3v) is 4.26. The molecule has 8 heteroatoms. The summed E-state index contributed by atoms with van der Waals surface area (Å²) in [5.41, 5.74) is 1.91. The van der Waals surface area contributed by atoms with Gasteiger partial charge in [0.05, 0.1) is 13.1 Å². The maximum Gasteiger partial charge on any atom is 0.238 e. The number of anilines is 2.